The van der Waals surface area contributed by atoms with Gasteiger partial charge in [-0.1, -0.05) is 31.2 Å². The first-order valence-corrected chi connectivity index (χ1v) is 16.2. The summed E-state index contributed by atoms with van der Waals surface area (Å²) in [6.07, 6.45) is -2.02. The molecule has 10 nitrogen and oxygen atoms in total. The summed E-state index contributed by atoms with van der Waals surface area (Å²) in [5.41, 5.74) is 2.19. The predicted molar refractivity (Wildman–Crippen MR) is 168 cm³/mol. The molecule has 4 N–H and O–H groups in total. The van der Waals surface area contributed by atoms with E-state index >= 15 is 0 Å². The van der Waals surface area contributed by atoms with Gasteiger partial charge in [-0.15, -0.1) is 0 Å². The molecule has 3 fully saturated rings. The quantitative estimate of drug-likeness (QED) is 0.253. The highest BCUT2D eigenvalue weighted by Crippen LogP contribution is 2.49. The van der Waals surface area contributed by atoms with Crippen LogP contribution < -0.4 is 10.1 Å². The Labute approximate surface area is 274 Å². The van der Waals surface area contributed by atoms with Gasteiger partial charge >= 0.3 is 0 Å². The van der Waals surface area contributed by atoms with E-state index < -0.39 is 66.1 Å². The first-order chi connectivity index (χ1) is 22.1. The van der Waals surface area contributed by atoms with E-state index in [0.717, 1.165) is 28.0 Å². The van der Waals surface area contributed by atoms with Gasteiger partial charge in [0.2, 0.25) is 11.7 Å². The fourth-order valence-corrected chi connectivity index (χ4v) is 6.70. The number of carbonyl (C=O) groups is 1. The number of aliphatic hydroxyl groups is 3. The maximum absolute atomic E-state index is 13.7. The number of aryl methyl sites for hydroxylation is 1. The number of rotatable bonds is 12. The second kappa shape index (κ2) is 13.4. The van der Waals surface area contributed by atoms with Crippen LogP contribution in [0.5, 0.6) is 5.75 Å². The van der Waals surface area contributed by atoms with Gasteiger partial charge in [-0.05, 0) is 81.3 Å². The third kappa shape index (κ3) is 7.31. The highest BCUT2D eigenvalue weighted by molar-refractivity contribution is 5.79. The van der Waals surface area contributed by atoms with E-state index in [-0.39, 0.29) is 13.2 Å². The average Bonchev–Trinajstić information content (AvgIpc) is 3.56. The van der Waals surface area contributed by atoms with Crippen molar-refractivity contribution in [3.63, 3.8) is 0 Å². The summed E-state index contributed by atoms with van der Waals surface area (Å²) < 4.78 is 45.4. The molecular formula is C35H45F2N3O7. The van der Waals surface area contributed by atoms with Gasteiger partial charge in [0, 0.05) is 17.5 Å². The number of ether oxygens (including phenoxy) is 3. The zero-order chi connectivity index (χ0) is 34.2. The van der Waals surface area contributed by atoms with Gasteiger partial charge < -0.3 is 39.7 Å². The van der Waals surface area contributed by atoms with E-state index in [1.807, 2.05) is 56.3 Å². The van der Waals surface area contributed by atoms with Crippen LogP contribution in [0, 0.1) is 11.3 Å². The largest absolute Gasteiger partial charge is 0.494 e. The number of nitriles is 1. The zero-order valence-corrected chi connectivity index (χ0v) is 27.3. The molecule has 0 radical (unpaired) electrons. The summed E-state index contributed by atoms with van der Waals surface area (Å²) in [6.45, 7) is 7.21. The Kier molecular flexibility index (Phi) is 10.0. The first-order valence-electron chi connectivity index (χ1n) is 16.2. The van der Waals surface area contributed by atoms with E-state index in [2.05, 4.69) is 12.2 Å². The number of aliphatic hydroxyl groups excluding tert-OH is 3. The Balaban J connectivity index is 1.13. The Morgan fingerprint density at radius 1 is 1.15 bits per heavy atom. The molecule has 47 heavy (non-hydrogen) atoms. The monoisotopic (exact) mass is 657 g/mol. The molecule has 3 aliphatic heterocycles. The smallest absolute Gasteiger partial charge is 0.268 e. The lowest BCUT2D eigenvalue weighted by molar-refractivity contribution is -0.322. The molecule has 0 saturated carbocycles. The second-order valence-electron chi connectivity index (χ2n) is 13.8. The van der Waals surface area contributed by atoms with Crippen molar-refractivity contribution in [3.05, 3.63) is 64.7 Å². The summed E-state index contributed by atoms with van der Waals surface area (Å²) in [5, 5.41) is 44.2. The van der Waals surface area contributed by atoms with Gasteiger partial charge in [-0.3, -0.25) is 4.79 Å². The molecule has 3 aliphatic rings. The Morgan fingerprint density at radius 2 is 1.87 bits per heavy atom. The zero-order valence-electron chi connectivity index (χ0n) is 27.3. The molecular weight excluding hydrogens is 612 g/mol. The minimum Gasteiger partial charge on any atom is -0.494 e. The van der Waals surface area contributed by atoms with Crippen LogP contribution in [0.25, 0.3) is 0 Å². The number of alkyl halides is 2. The maximum atomic E-state index is 13.7. The van der Waals surface area contributed by atoms with Gasteiger partial charge in [0.25, 0.3) is 5.92 Å². The van der Waals surface area contributed by atoms with Crippen LogP contribution in [0.4, 0.5) is 8.78 Å². The number of benzene rings is 2. The number of hydrogen-bond acceptors (Lipinski definition) is 9. The molecule has 2 bridgehead atoms. The van der Waals surface area contributed by atoms with Gasteiger partial charge in [-0.2, -0.15) is 5.26 Å². The fraction of sp³-hybridized carbons (Fsp3) is 0.600. The number of carbonyl (C=O) groups excluding carboxylic acids is 1. The SMILES string of the molecule is CCc1ccc([C@]23OC[C@](C)(O2)[C@@H](O)[C@H](O)[C@H]3O)cc1Cc1ccc(OCCCC(C)(C)NCC(=O)N2CC(F)(F)C[C@H]2C#N)cc1. The van der Waals surface area contributed by atoms with Gasteiger partial charge in [0.1, 0.15) is 35.7 Å². The summed E-state index contributed by atoms with van der Waals surface area (Å²) in [6, 6.07) is 14.2. The van der Waals surface area contributed by atoms with E-state index in [4.69, 9.17) is 19.5 Å². The van der Waals surface area contributed by atoms with Crippen molar-refractivity contribution >= 4 is 5.91 Å². The van der Waals surface area contributed by atoms with Crippen molar-refractivity contribution in [3.8, 4) is 11.8 Å². The van der Waals surface area contributed by atoms with Gasteiger partial charge in [0.05, 0.1) is 32.4 Å². The molecule has 6 atom stereocenters. The molecule has 2 aromatic carbocycles. The van der Waals surface area contributed by atoms with Crippen LogP contribution in [-0.2, 0) is 32.9 Å². The molecule has 3 heterocycles. The van der Waals surface area contributed by atoms with Crippen molar-refractivity contribution in [2.24, 2.45) is 0 Å². The number of fused-ring (bicyclic) bond motifs is 2. The highest BCUT2D eigenvalue weighted by atomic mass is 19.3. The van der Waals surface area contributed by atoms with E-state index in [9.17, 15) is 28.9 Å². The highest BCUT2D eigenvalue weighted by Gasteiger charge is 2.65. The maximum Gasteiger partial charge on any atom is 0.268 e. The summed E-state index contributed by atoms with van der Waals surface area (Å²) in [7, 11) is 0. The number of nitrogens with one attached hydrogen (secondary N) is 1. The molecule has 1 amide bonds. The standard InChI is InChI=1S/C35H45F2N3O7/c1-5-23-9-10-25(35-31(44)29(42)30(43)33(4,47-35)21-46-35)16-24(23)15-22-7-11-27(12-8-22)45-14-6-13-32(2,3)39-19-28(41)40-20-34(36,37)17-26(40)18-38/h7-12,16,26,29-31,39,42-44H,5-6,13-15,17,19-21H2,1-4H3/t26-,29-,30-,31+,33-,35-/m0/s1. The van der Waals surface area contributed by atoms with Crippen LogP contribution in [0.3, 0.4) is 0 Å². The number of likely N-dealkylation sites (tertiary alicyclic amines) is 1. The van der Waals surface area contributed by atoms with Crippen molar-refractivity contribution in [2.45, 2.75) is 107 Å². The summed E-state index contributed by atoms with van der Waals surface area (Å²) in [5.74, 6) is -4.41. The molecule has 0 aromatic heterocycles. The number of halogens is 2. The number of nitrogens with zero attached hydrogens (tertiary/aromatic N) is 2. The first kappa shape index (κ1) is 35.1. The predicted octanol–water partition coefficient (Wildman–Crippen LogP) is 3.18. The Bertz CT molecular complexity index is 1480. The molecule has 12 heteroatoms. The Morgan fingerprint density at radius 3 is 2.55 bits per heavy atom. The third-order valence-corrected chi connectivity index (χ3v) is 9.60. The average molecular weight is 658 g/mol. The normalized spacial score (nSPS) is 29.9. The lowest BCUT2D eigenvalue weighted by Gasteiger charge is -2.45. The summed E-state index contributed by atoms with van der Waals surface area (Å²) >= 11 is 0. The number of hydrogen-bond donors (Lipinski definition) is 4. The van der Waals surface area contributed by atoms with Crippen molar-refractivity contribution < 1.29 is 43.1 Å². The third-order valence-electron chi connectivity index (χ3n) is 9.60. The van der Waals surface area contributed by atoms with Crippen molar-refractivity contribution in [1.82, 2.24) is 10.2 Å². The molecule has 3 saturated heterocycles. The minimum atomic E-state index is -3.04. The number of amides is 1. The van der Waals surface area contributed by atoms with E-state index in [1.165, 1.54) is 0 Å². The van der Waals surface area contributed by atoms with Crippen LogP contribution in [0.15, 0.2) is 42.5 Å². The Hall–Kier alpha value is -3.18. The van der Waals surface area contributed by atoms with Crippen LogP contribution in [0.1, 0.15) is 69.2 Å². The van der Waals surface area contributed by atoms with Crippen molar-refractivity contribution in [1.29, 1.82) is 5.26 Å². The minimum absolute atomic E-state index is 0.0362. The molecule has 5 rings (SSSR count). The lowest BCUT2D eigenvalue weighted by atomic mass is 9.83. The topological polar surface area (TPSA) is 145 Å². The molecule has 256 valence electrons. The van der Waals surface area contributed by atoms with Crippen LogP contribution in [0.2, 0.25) is 0 Å². The molecule has 0 spiro atoms. The second-order valence-corrected chi connectivity index (χ2v) is 13.8. The fourth-order valence-electron chi connectivity index (χ4n) is 6.70. The molecule has 2 aromatic rings. The molecule has 0 unspecified atom stereocenters. The van der Waals surface area contributed by atoms with Crippen molar-refractivity contribution in [2.75, 3.05) is 26.3 Å². The van der Waals surface area contributed by atoms with Gasteiger partial charge in [-0.25, -0.2) is 8.78 Å². The lowest BCUT2D eigenvalue weighted by Crippen LogP contribution is -2.63. The van der Waals surface area contributed by atoms with Gasteiger partial charge in [0.15, 0.2) is 0 Å². The van der Waals surface area contributed by atoms with E-state index in [0.29, 0.717) is 37.2 Å². The summed E-state index contributed by atoms with van der Waals surface area (Å²) in [4.78, 5) is 13.5. The van der Waals surface area contributed by atoms with Crippen LogP contribution in [-0.4, -0.2) is 93.8 Å². The van der Waals surface area contributed by atoms with Crippen LogP contribution >= 0.6 is 0 Å². The molecule has 0 aliphatic carbocycles. The van der Waals surface area contributed by atoms with E-state index in [1.54, 1.807) is 13.0 Å².